The van der Waals surface area contributed by atoms with Gasteiger partial charge in [0.05, 0.1) is 34.8 Å². The Morgan fingerprint density at radius 2 is 1.91 bits per heavy atom. The van der Waals surface area contributed by atoms with Crippen LogP contribution in [0.3, 0.4) is 0 Å². The molecule has 5 aromatic rings. The Hall–Kier alpha value is -4.74. The lowest BCUT2D eigenvalue weighted by Gasteiger charge is -2.27. The zero-order chi connectivity index (χ0) is 24.7. The van der Waals surface area contributed by atoms with E-state index in [0.29, 0.717) is 33.4 Å². The fourth-order valence-electron chi connectivity index (χ4n) is 4.36. The van der Waals surface area contributed by atoms with Crippen molar-refractivity contribution in [3.05, 3.63) is 118 Å². The molecule has 5 rings (SSSR count). The van der Waals surface area contributed by atoms with Crippen LogP contribution in [0.5, 0.6) is 0 Å². The molecule has 1 atom stereocenters. The third kappa shape index (κ3) is 3.64. The van der Waals surface area contributed by atoms with Gasteiger partial charge < -0.3 is 14.1 Å². The van der Waals surface area contributed by atoms with Crippen molar-refractivity contribution in [2.75, 3.05) is 0 Å². The topological polar surface area (TPSA) is 118 Å². The first-order valence-electron chi connectivity index (χ1n) is 10.8. The highest BCUT2D eigenvalue weighted by atomic mass is 16.6. The zero-order valence-corrected chi connectivity index (χ0v) is 19.0. The van der Waals surface area contributed by atoms with Crippen LogP contribution in [0.2, 0.25) is 0 Å². The number of hydrogen-bond donors (Lipinski definition) is 1. The highest BCUT2D eigenvalue weighted by Gasteiger charge is 2.40. The third-order valence-electron chi connectivity index (χ3n) is 6.12. The molecule has 0 aliphatic heterocycles. The molecule has 8 heteroatoms. The van der Waals surface area contributed by atoms with Crippen LogP contribution >= 0.6 is 0 Å². The van der Waals surface area contributed by atoms with Crippen molar-refractivity contribution in [2.24, 2.45) is 7.05 Å². The summed E-state index contributed by atoms with van der Waals surface area (Å²) in [5.41, 5.74) is 2.24. The van der Waals surface area contributed by atoms with E-state index in [4.69, 9.17) is 4.42 Å². The molecule has 0 fully saturated rings. The maximum absolute atomic E-state index is 12.2. The average Bonchev–Trinajstić information content (AvgIpc) is 3.49. The number of fused-ring (bicyclic) bond motifs is 1. The predicted octanol–water partition coefficient (Wildman–Crippen LogP) is 5.21. The van der Waals surface area contributed by atoms with Crippen LogP contribution in [0.15, 0.2) is 83.7 Å². The first kappa shape index (κ1) is 22.1. The fraction of sp³-hybridized carbons (Fsp3) is 0.111. The largest absolute Gasteiger partial charge is 0.456 e. The molecule has 0 saturated heterocycles. The van der Waals surface area contributed by atoms with Crippen LogP contribution in [0.4, 0.5) is 5.69 Å². The second kappa shape index (κ2) is 8.24. The molecule has 0 aliphatic rings. The number of nitriles is 1. The Labute approximate surface area is 200 Å². The lowest BCUT2D eigenvalue weighted by molar-refractivity contribution is -0.384. The van der Waals surface area contributed by atoms with Gasteiger partial charge in [-0.3, -0.25) is 10.1 Å². The summed E-state index contributed by atoms with van der Waals surface area (Å²) in [5, 5.41) is 33.6. The first-order chi connectivity index (χ1) is 16.8. The van der Waals surface area contributed by atoms with Crippen molar-refractivity contribution in [3.63, 3.8) is 0 Å². The highest BCUT2D eigenvalue weighted by Crippen LogP contribution is 2.42. The first-order valence-corrected chi connectivity index (χ1v) is 10.8. The van der Waals surface area contributed by atoms with Gasteiger partial charge in [-0.15, -0.1) is 0 Å². The number of imidazole rings is 1. The molecule has 0 radical (unpaired) electrons. The van der Waals surface area contributed by atoms with Crippen molar-refractivity contribution in [1.29, 1.82) is 5.26 Å². The Kier molecular flexibility index (Phi) is 5.20. The minimum atomic E-state index is -1.77. The molecule has 8 nitrogen and oxygen atoms in total. The van der Waals surface area contributed by atoms with Gasteiger partial charge in [0.1, 0.15) is 11.3 Å². The number of aryl methyl sites for hydroxylation is 2. The van der Waals surface area contributed by atoms with Gasteiger partial charge >= 0.3 is 0 Å². The second-order valence-electron chi connectivity index (χ2n) is 8.44. The van der Waals surface area contributed by atoms with Crippen LogP contribution in [0, 0.1) is 28.4 Å². The Morgan fingerprint density at radius 1 is 1.14 bits per heavy atom. The van der Waals surface area contributed by atoms with Gasteiger partial charge in [-0.25, -0.2) is 4.98 Å². The van der Waals surface area contributed by atoms with Crippen molar-refractivity contribution in [3.8, 4) is 17.2 Å². The fourth-order valence-corrected chi connectivity index (χ4v) is 4.36. The monoisotopic (exact) mass is 464 g/mol. The molecule has 35 heavy (non-hydrogen) atoms. The van der Waals surface area contributed by atoms with Crippen LogP contribution in [0.25, 0.3) is 22.1 Å². The smallest absolute Gasteiger partial charge is 0.270 e. The number of nitrogens with zero attached hydrogens (tertiary/aromatic N) is 4. The van der Waals surface area contributed by atoms with E-state index in [9.17, 15) is 20.5 Å². The molecule has 2 heterocycles. The van der Waals surface area contributed by atoms with Gasteiger partial charge in [-0.1, -0.05) is 42.0 Å². The molecular weight excluding hydrogens is 444 g/mol. The maximum Gasteiger partial charge on any atom is 0.270 e. The summed E-state index contributed by atoms with van der Waals surface area (Å²) >= 11 is 0. The molecule has 172 valence electrons. The number of hydrogen-bond acceptors (Lipinski definition) is 6. The van der Waals surface area contributed by atoms with E-state index >= 15 is 0 Å². The SMILES string of the molecule is Cc1cccc(-c2cc([N+](=O)[O-])cc3cc(C(O)(c4ccc(C#N)cc4)c4cncn4C)oc23)c1. The van der Waals surface area contributed by atoms with E-state index in [1.165, 1.54) is 18.3 Å². The summed E-state index contributed by atoms with van der Waals surface area (Å²) in [6.07, 6.45) is 3.10. The normalized spacial score (nSPS) is 12.9. The number of benzene rings is 3. The van der Waals surface area contributed by atoms with Gasteiger partial charge in [-0.05, 0) is 36.2 Å². The summed E-state index contributed by atoms with van der Waals surface area (Å²) in [6.45, 7) is 1.94. The summed E-state index contributed by atoms with van der Waals surface area (Å²) < 4.78 is 7.98. The number of non-ortho nitro benzene ring substituents is 1. The van der Waals surface area contributed by atoms with E-state index in [-0.39, 0.29) is 11.4 Å². The minimum Gasteiger partial charge on any atom is -0.456 e. The molecular formula is C27H20N4O4. The zero-order valence-electron chi connectivity index (χ0n) is 19.0. The Balaban J connectivity index is 1.81. The average molecular weight is 464 g/mol. The number of nitro groups is 1. The van der Waals surface area contributed by atoms with E-state index in [2.05, 4.69) is 11.1 Å². The number of aromatic nitrogens is 2. The van der Waals surface area contributed by atoms with E-state index < -0.39 is 10.5 Å². The molecule has 0 spiro atoms. The molecule has 1 unspecified atom stereocenters. The number of rotatable bonds is 5. The van der Waals surface area contributed by atoms with Crippen molar-refractivity contribution >= 4 is 16.7 Å². The molecule has 0 amide bonds. The predicted molar refractivity (Wildman–Crippen MR) is 130 cm³/mol. The van der Waals surface area contributed by atoms with Crippen LogP contribution in [-0.4, -0.2) is 19.6 Å². The van der Waals surface area contributed by atoms with Crippen LogP contribution < -0.4 is 0 Å². The van der Waals surface area contributed by atoms with E-state index in [1.54, 1.807) is 48.3 Å². The summed E-state index contributed by atoms with van der Waals surface area (Å²) in [4.78, 5) is 15.4. The summed E-state index contributed by atoms with van der Waals surface area (Å²) in [5.74, 6) is 0.176. The summed E-state index contributed by atoms with van der Waals surface area (Å²) in [6, 6.07) is 20.8. The van der Waals surface area contributed by atoms with Crippen LogP contribution in [0.1, 0.15) is 28.1 Å². The van der Waals surface area contributed by atoms with Crippen molar-refractivity contribution in [2.45, 2.75) is 12.5 Å². The third-order valence-corrected chi connectivity index (χ3v) is 6.12. The van der Waals surface area contributed by atoms with Gasteiger partial charge in [0.25, 0.3) is 5.69 Å². The Morgan fingerprint density at radius 3 is 2.54 bits per heavy atom. The van der Waals surface area contributed by atoms with Gasteiger partial charge in [0.2, 0.25) is 0 Å². The molecule has 1 N–H and O–H groups in total. The van der Waals surface area contributed by atoms with Gasteiger partial charge in [0.15, 0.2) is 5.60 Å². The van der Waals surface area contributed by atoms with Crippen LogP contribution in [-0.2, 0) is 12.6 Å². The maximum atomic E-state index is 12.2. The van der Waals surface area contributed by atoms with Gasteiger partial charge in [-0.2, -0.15) is 5.26 Å². The standard InChI is InChI=1S/C27H20N4O4/c1-17-4-3-5-19(10-17)23-13-22(31(33)34)11-20-12-25(35-26(20)23)27(32,24-15-29-16-30(24)2)21-8-6-18(14-28)7-9-21/h3-13,15-16,32H,1-2H3. The number of aliphatic hydroxyl groups is 1. The minimum absolute atomic E-state index is 0.0798. The Bertz CT molecular complexity index is 1630. The lowest BCUT2D eigenvalue weighted by Crippen LogP contribution is -2.30. The number of nitro benzene ring substituents is 1. The highest BCUT2D eigenvalue weighted by molar-refractivity contribution is 5.95. The molecule has 0 aliphatic carbocycles. The number of furan rings is 1. The van der Waals surface area contributed by atoms with E-state index in [1.807, 2.05) is 31.2 Å². The molecule has 0 saturated carbocycles. The lowest BCUT2D eigenvalue weighted by atomic mass is 9.87. The molecule has 3 aromatic carbocycles. The quantitative estimate of drug-likeness (QED) is 0.282. The molecule has 0 bridgehead atoms. The molecule has 2 aromatic heterocycles. The van der Waals surface area contributed by atoms with Crippen molar-refractivity contribution < 1.29 is 14.4 Å². The van der Waals surface area contributed by atoms with E-state index in [0.717, 1.165) is 11.1 Å². The summed E-state index contributed by atoms with van der Waals surface area (Å²) in [7, 11) is 1.75. The second-order valence-corrected chi connectivity index (χ2v) is 8.44. The van der Waals surface area contributed by atoms with Gasteiger partial charge in [0, 0.05) is 30.1 Å². The van der Waals surface area contributed by atoms with Crippen molar-refractivity contribution in [1.82, 2.24) is 9.55 Å².